The van der Waals surface area contributed by atoms with Gasteiger partial charge in [0.25, 0.3) is 0 Å². The molecule has 0 aromatic heterocycles. The summed E-state index contributed by atoms with van der Waals surface area (Å²) in [4.78, 5) is 70.5. The maximum atomic E-state index is 12.3. The van der Waals surface area contributed by atoms with E-state index in [-0.39, 0.29) is 63.9 Å². The Morgan fingerprint density at radius 1 is 0.421 bits per heavy atom. The van der Waals surface area contributed by atoms with Gasteiger partial charge >= 0.3 is 23.9 Å². The number of esters is 3. The predicted molar refractivity (Wildman–Crippen MR) is 307 cm³/mol. The highest BCUT2D eigenvalue weighted by molar-refractivity contribution is 5.82. The first-order chi connectivity index (χ1) is 36.1. The quantitative estimate of drug-likeness (QED) is 0.0168. The van der Waals surface area contributed by atoms with Crippen molar-refractivity contribution in [3.8, 4) is 0 Å². The van der Waals surface area contributed by atoms with E-state index in [2.05, 4.69) is 140 Å². The maximum Gasteiger partial charge on any atom is 0.308 e. The van der Waals surface area contributed by atoms with Gasteiger partial charge in [-0.15, -0.1) is 0 Å². The average Bonchev–Trinajstić information content (AvgIpc) is 3.36. The van der Waals surface area contributed by atoms with Crippen LogP contribution < -0.4 is 10.6 Å². The molecule has 14 nitrogen and oxygen atoms in total. The van der Waals surface area contributed by atoms with E-state index in [4.69, 9.17) is 19.3 Å². The number of hydrogen-bond donors (Lipinski definition) is 5. The number of aliphatic hydroxyl groups is 2. The van der Waals surface area contributed by atoms with E-state index in [1.807, 2.05) is 6.08 Å². The molecular formula is C62H98N2O12. The van der Waals surface area contributed by atoms with Gasteiger partial charge in [0.05, 0.1) is 26.1 Å². The monoisotopic (exact) mass is 1060 g/mol. The van der Waals surface area contributed by atoms with Crippen LogP contribution in [0.2, 0.25) is 0 Å². The zero-order valence-corrected chi connectivity index (χ0v) is 47.8. The molecule has 0 aromatic rings. The van der Waals surface area contributed by atoms with Crippen molar-refractivity contribution in [3.05, 3.63) is 122 Å². The number of hydrogen-bond acceptors (Lipinski definition) is 11. The normalized spacial score (nSPS) is 13.6. The lowest BCUT2D eigenvalue weighted by Gasteiger charge is -2.29. The molecule has 0 heterocycles. The van der Waals surface area contributed by atoms with Gasteiger partial charge in [-0.3, -0.25) is 28.8 Å². The summed E-state index contributed by atoms with van der Waals surface area (Å²) in [6.07, 6.45) is 52.8. The van der Waals surface area contributed by atoms with Crippen molar-refractivity contribution < 1.29 is 58.3 Å². The van der Waals surface area contributed by atoms with Gasteiger partial charge in [-0.1, -0.05) is 163 Å². The summed E-state index contributed by atoms with van der Waals surface area (Å²) < 4.78 is 15.7. The van der Waals surface area contributed by atoms with Crippen LogP contribution in [0.25, 0.3) is 0 Å². The minimum Gasteiger partial charge on any atom is -0.481 e. The van der Waals surface area contributed by atoms with Gasteiger partial charge in [0.2, 0.25) is 11.8 Å². The van der Waals surface area contributed by atoms with Crippen molar-refractivity contribution in [2.75, 3.05) is 26.3 Å². The number of ether oxygens (including phenoxy) is 3. The molecule has 14 heteroatoms. The van der Waals surface area contributed by atoms with Crippen LogP contribution >= 0.6 is 0 Å². The van der Waals surface area contributed by atoms with Crippen molar-refractivity contribution in [1.29, 1.82) is 0 Å². The highest BCUT2D eigenvalue weighted by Crippen LogP contribution is 2.23. The number of carbonyl (C=O) groups excluding carboxylic acids is 5. The van der Waals surface area contributed by atoms with E-state index in [1.54, 1.807) is 48.5 Å². The van der Waals surface area contributed by atoms with E-state index in [1.165, 1.54) is 0 Å². The zero-order chi connectivity index (χ0) is 57.4. The lowest BCUT2D eigenvalue weighted by molar-refractivity contribution is -0.156. The molecule has 0 aliphatic rings. The third-order valence-electron chi connectivity index (χ3n) is 10.7. The minimum atomic E-state index is -1.42. The van der Waals surface area contributed by atoms with E-state index >= 15 is 0 Å². The number of carboxylic acid groups (broad SMARTS) is 1. The van der Waals surface area contributed by atoms with Gasteiger partial charge < -0.3 is 40.2 Å². The molecule has 0 rings (SSSR count). The molecule has 0 fully saturated rings. The van der Waals surface area contributed by atoms with Crippen LogP contribution in [-0.4, -0.2) is 95.1 Å². The molecule has 0 saturated heterocycles. The van der Waals surface area contributed by atoms with Crippen LogP contribution in [0.15, 0.2) is 122 Å². The molecule has 0 aromatic carbocycles. The fourth-order valence-corrected chi connectivity index (χ4v) is 6.18. The number of allylic oxidation sites excluding steroid dienone is 20. The maximum absolute atomic E-state index is 12.3. The molecular weight excluding hydrogens is 965 g/mol. The van der Waals surface area contributed by atoms with Gasteiger partial charge in [-0.25, -0.2) is 0 Å². The second-order valence-electron chi connectivity index (χ2n) is 20.4. The fraction of sp³-hybridized carbons (Fsp3) is 0.581. The Balaban J connectivity index is 0. The Morgan fingerprint density at radius 3 is 1.00 bits per heavy atom. The SMILES string of the molecule is CC/C=C\C/C=C\C/C=C\C/C=C\C/C=C\CCCC(=O)OCC(C)(C)[C@@H](O)C(=O)NCCC(=O)O.CC/C=C\C/C=C\C/C=C\C/C=C\C/C=C\CCCC(=O)OCC(C)(C)[C@@H](O)C(=O)NCCC(=O)OC(C)(C)C. The van der Waals surface area contributed by atoms with Crippen molar-refractivity contribution in [3.63, 3.8) is 0 Å². The summed E-state index contributed by atoms with van der Waals surface area (Å²) in [5.74, 6) is -3.52. The Kier molecular flexibility index (Phi) is 44.1. The van der Waals surface area contributed by atoms with Crippen molar-refractivity contribution in [2.45, 2.75) is 196 Å². The molecule has 0 saturated carbocycles. The summed E-state index contributed by atoms with van der Waals surface area (Å²) in [7, 11) is 0. The number of nitrogens with one attached hydrogen (secondary N) is 2. The van der Waals surface area contributed by atoms with Crippen molar-refractivity contribution in [1.82, 2.24) is 10.6 Å². The summed E-state index contributed by atoms with van der Waals surface area (Å²) in [5, 5.41) is 34.1. The Hall–Kier alpha value is -5.86. The van der Waals surface area contributed by atoms with Crippen LogP contribution in [0.3, 0.4) is 0 Å². The Bertz CT molecular complexity index is 1920. The van der Waals surface area contributed by atoms with Gasteiger partial charge in [0, 0.05) is 36.8 Å². The van der Waals surface area contributed by atoms with Crippen LogP contribution in [0.4, 0.5) is 0 Å². The first kappa shape index (κ1) is 72.2. The van der Waals surface area contributed by atoms with Crippen LogP contribution in [0.1, 0.15) is 178 Å². The fourth-order valence-electron chi connectivity index (χ4n) is 6.18. The summed E-state index contributed by atoms with van der Waals surface area (Å²) in [6, 6.07) is 0. The average molecular weight is 1060 g/mol. The molecule has 0 aliphatic carbocycles. The number of carboxylic acids is 1. The number of amides is 2. The lowest BCUT2D eigenvalue weighted by atomic mass is 9.87. The molecule has 428 valence electrons. The zero-order valence-electron chi connectivity index (χ0n) is 47.8. The molecule has 0 radical (unpaired) electrons. The summed E-state index contributed by atoms with van der Waals surface area (Å²) >= 11 is 0. The standard InChI is InChI=1S/C33H53NO6.C29H45NO6/c1-7-8-9-10-11-12-13-14-15-16-17-18-19-20-21-22-23-24-28(35)39-27-33(5,6)30(37)31(38)34-26-25-29(36)40-32(2,3)4;1-4-5-6-7-8-9-10-11-12-13-14-15-16-17-18-19-20-21-26(33)36-24-29(2,3)27(34)28(35)30-23-22-25(31)32/h8-9,11-12,14-15,17-18,20-21,30,37H,7,10,13,16,19,22-27H2,1-6H3,(H,34,38);5-6,8-9,11-12,14-15,17-18,27,34H,4,7,10,13,16,19-24H2,1-3H3,(H,30,35)(H,31,32)/b9-8-,12-11-,15-14-,18-17-,21-20-;6-5-,9-8-,12-11-,15-14-,18-17-/t30-;27-/m00/s1. The molecule has 5 N–H and O–H groups in total. The second-order valence-corrected chi connectivity index (χ2v) is 20.4. The van der Waals surface area contributed by atoms with E-state index in [0.29, 0.717) is 12.8 Å². The highest BCUT2D eigenvalue weighted by atomic mass is 16.6. The third kappa shape index (κ3) is 46.7. The van der Waals surface area contributed by atoms with Gasteiger partial charge in [0.1, 0.15) is 17.8 Å². The number of carbonyl (C=O) groups is 6. The van der Waals surface area contributed by atoms with Crippen molar-refractivity contribution >= 4 is 35.7 Å². The Morgan fingerprint density at radius 2 is 0.711 bits per heavy atom. The smallest absolute Gasteiger partial charge is 0.308 e. The number of rotatable bonds is 40. The van der Waals surface area contributed by atoms with Crippen molar-refractivity contribution in [2.24, 2.45) is 10.8 Å². The third-order valence-corrected chi connectivity index (χ3v) is 10.7. The van der Waals surface area contributed by atoms with E-state index < -0.39 is 52.4 Å². The predicted octanol–water partition coefficient (Wildman–Crippen LogP) is 12.1. The molecule has 0 aliphatic heterocycles. The molecule has 0 bridgehead atoms. The number of unbranched alkanes of at least 4 members (excludes halogenated alkanes) is 2. The van der Waals surface area contributed by atoms with E-state index in [9.17, 15) is 39.0 Å². The lowest BCUT2D eigenvalue weighted by Crippen LogP contribution is -2.46. The van der Waals surface area contributed by atoms with Gasteiger partial charge in [-0.2, -0.15) is 0 Å². The first-order valence-corrected chi connectivity index (χ1v) is 27.3. The molecule has 0 spiro atoms. The number of aliphatic hydroxyl groups excluding tert-OH is 2. The van der Waals surface area contributed by atoms with Crippen LogP contribution in [-0.2, 0) is 43.0 Å². The second kappa shape index (κ2) is 46.4. The molecule has 2 atom stereocenters. The van der Waals surface area contributed by atoms with E-state index in [0.717, 1.165) is 77.0 Å². The first-order valence-electron chi connectivity index (χ1n) is 27.3. The topological polar surface area (TPSA) is 215 Å². The molecule has 2 amide bonds. The minimum absolute atomic E-state index is 0.00301. The summed E-state index contributed by atoms with van der Waals surface area (Å²) in [6.45, 7) is 15.9. The molecule has 0 unspecified atom stereocenters. The van der Waals surface area contributed by atoms with Crippen LogP contribution in [0.5, 0.6) is 0 Å². The number of aliphatic carboxylic acids is 1. The Labute approximate surface area is 457 Å². The largest absolute Gasteiger partial charge is 0.481 e. The molecule has 76 heavy (non-hydrogen) atoms. The summed E-state index contributed by atoms with van der Waals surface area (Å²) in [5.41, 5.74) is -2.57. The van der Waals surface area contributed by atoms with Gasteiger partial charge in [-0.05, 0) is 111 Å². The highest BCUT2D eigenvalue weighted by Gasteiger charge is 2.36. The van der Waals surface area contributed by atoms with Gasteiger partial charge in [0.15, 0.2) is 0 Å². The van der Waals surface area contributed by atoms with Crippen LogP contribution in [0, 0.1) is 10.8 Å².